The minimum atomic E-state index is -0.628. The molecular weight excluding hydrogens is 328 g/mol. The van der Waals surface area contributed by atoms with Crippen molar-refractivity contribution >= 4 is 28.5 Å². The zero-order chi connectivity index (χ0) is 18.0. The highest BCUT2D eigenvalue weighted by Gasteiger charge is 2.34. The van der Waals surface area contributed by atoms with E-state index in [0.29, 0.717) is 16.7 Å². The normalized spacial score (nSPS) is 14.3. The lowest BCUT2D eigenvalue weighted by Crippen LogP contribution is -2.31. The Balaban J connectivity index is 1.98. The number of ether oxygens (including phenoxy) is 1. The van der Waals surface area contributed by atoms with E-state index in [9.17, 15) is 14.4 Å². The fourth-order valence-electron chi connectivity index (χ4n) is 2.66. The van der Waals surface area contributed by atoms with Gasteiger partial charge in [-0.2, -0.15) is 0 Å². The molecule has 1 aliphatic heterocycles. The van der Waals surface area contributed by atoms with Crippen LogP contribution in [0.15, 0.2) is 51.0 Å². The summed E-state index contributed by atoms with van der Waals surface area (Å²) in [5.74, 6) is -1.05. The Morgan fingerprint density at radius 2 is 2.16 bits per heavy atom. The van der Waals surface area contributed by atoms with Crippen molar-refractivity contribution in [2.45, 2.75) is 0 Å². The van der Waals surface area contributed by atoms with Crippen LogP contribution in [0.5, 0.6) is 0 Å². The number of anilines is 1. The lowest BCUT2D eigenvalue weighted by atomic mass is 10.2. The van der Waals surface area contributed by atoms with Crippen molar-refractivity contribution in [2.24, 2.45) is 0 Å². The first kappa shape index (κ1) is 16.7. The summed E-state index contributed by atoms with van der Waals surface area (Å²) in [5.41, 5.74) is 0.898. The fourth-order valence-corrected chi connectivity index (χ4v) is 2.66. The molecule has 2 aromatic rings. The van der Waals surface area contributed by atoms with E-state index in [4.69, 9.17) is 14.3 Å². The third-order valence-corrected chi connectivity index (χ3v) is 3.88. The lowest BCUT2D eigenvalue weighted by Gasteiger charge is -2.15. The summed E-state index contributed by atoms with van der Waals surface area (Å²) in [6.07, 6.45) is 1.31. The number of fused-ring (bicyclic) bond motifs is 1. The number of hydrogen-bond acceptors (Lipinski definition) is 7. The minimum absolute atomic E-state index is 0.0458. The molecule has 0 fully saturated rings. The van der Waals surface area contributed by atoms with E-state index < -0.39 is 11.9 Å². The highest BCUT2D eigenvalue weighted by molar-refractivity contribution is 6.08. The minimum Gasteiger partial charge on any atom is -0.466 e. The largest absolute Gasteiger partial charge is 0.466 e. The molecule has 1 aliphatic rings. The van der Waals surface area contributed by atoms with Gasteiger partial charge in [0, 0.05) is 18.3 Å². The van der Waals surface area contributed by atoms with Gasteiger partial charge in [-0.1, -0.05) is 0 Å². The van der Waals surface area contributed by atoms with Gasteiger partial charge in [0.05, 0.1) is 37.5 Å². The predicted octanol–water partition coefficient (Wildman–Crippen LogP) is 0.466. The van der Waals surface area contributed by atoms with Crippen LogP contribution in [0.4, 0.5) is 5.69 Å². The monoisotopic (exact) mass is 344 g/mol. The number of aliphatic hydroxyl groups is 1. The summed E-state index contributed by atoms with van der Waals surface area (Å²) in [6, 6.07) is 6.08. The molecule has 0 atom stereocenters. The van der Waals surface area contributed by atoms with Crippen LogP contribution in [0.3, 0.4) is 0 Å². The van der Waals surface area contributed by atoms with Crippen LogP contribution >= 0.6 is 0 Å². The van der Waals surface area contributed by atoms with Gasteiger partial charge in [-0.25, -0.2) is 4.79 Å². The number of carbonyl (C=O) groups excluding carboxylic acids is 2. The first-order valence-corrected chi connectivity index (χ1v) is 7.55. The second-order valence-corrected chi connectivity index (χ2v) is 5.42. The molecular formula is C17H16N2O6. The molecule has 0 radical (unpaired) electrons. The van der Waals surface area contributed by atoms with E-state index in [-0.39, 0.29) is 36.4 Å². The van der Waals surface area contributed by atoms with Crippen molar-refractivity contribution < 1.29 is 23.8 Å². The Kier molecular flexibility index (Phi) is 4.53. The number of carbonyl (C=O) groups is 2. The van der Waals surface area contributed by atoms with Gasteiger partial charge in [-0.05, 0) is 18.2 Å². The van der Waals surface area contributed by atoms with Crippen LogP contribution in [-0.4, -0.2) is 48.7 Å². The van der Waals surface area contributed by atoms with Crippen LogP contribution < -0.4 is 10.7 Å². The van der Waals surface area contributed by atoms with Gasteiger partial charge in [-0.3, -0.25) is 9.59 Å². The summed E-state index contributed by atoms with van der Waals surface area (Å²) in [6.45, 7) is -0.0690. The summed E-state index contributed by atoms with van der Waals surface area (Å²) in [4.78, 5) is 37.7. The summed E-state index contributed by atoms with van der Waals surface area (Å²) in [5, 5.41) is 12.3. The van der Waals surface area contributed by atoms with Gasteiger partial charge in [0.25, 0.3) is 5.91 Å². The van der Waals surface area contributed by atoms with Crippen LogP contribution in [0, 0.1) is 0 Å². The molecule has 0 saturated heterocycles. The van der Waals surface area contributed by atoms with Crippen LogP contribution in [0.1, 0.15) is 0 Å². The van der Waals surface area contributed by atoms with E-state index >= 15 is 0 Å². The predicted molar refractivity (Wildman–Crippen MR) is 88.8 cm³/mol. The molecule has 0 aliphatic carbocycles. The second kappa shape index (κ2) is 6.78. The average Bonchev–Trinajstić information content (AvgIpc) is 2.92. The molecule has 0 bridgehead atoms. The topological polar surface area (TPSA) is 109 Å². The molecule has 0 spiro atoms. The molecule has 8 heteroatoms. The molecule has 0 unspecified atom stereocenters. The molecule has 8 nitrogen and oxygen atoms in total. The number of amides is 1. The number of benzene rings is 1. The second-order valence-electron chi connectivity index (χ2n) is 5.42. The third kappa shape index (κ3) is 3.11. The maximum Gasteiger partial charge on any atom is 0.337 e. The molecule has 3 rings (SSSR count). The number of methoxy groups -OCH3 is 1. The van der Waals surface area contributed by atoms with E-state index in [1.807, 2.05) is 0 Å². The quantitative estimate of drug-likeness (QED) is 0.759. The zero-order valence-electron chi connectivity index (χ0n) is 13.4. The molecule has 1 aromatic carbocycles. The van der Waals surface area contributed by atoms with Gasteiger partial charge in [0.1, 0.15) is 11.3 Å². The summed E-state index contributed by atoms with van der Waals surface area (Å²) in [7, 11) is 1.23. The van der Waals surface area contributed by atoms with Gasteiger partial charge in [0.2, 0.25) is 0 Å². The van der Waals surface area contributed by atoms with Gasteiger partial charge in [-0.15, -0.1) is 0 Å². The number of β-amino-alcohol motifs (C(OH)–C–C–N with tert-alkyl or cyclic N) is 1. The van der Waals surface area contributed by atoms with E-state index in [1.165, 1.54) is 24.3 Å². The zero-order valence-corrected chi connectivity index (χ0v) is 13.4. The van der Waals surface area contributed by atoms with Crippen molar-refractivity contribution in [3.05, 3.63) is 52.0 Å². The van der Waals surface area contributed by atoms with Crippen molar-refractivity contribution in [3.63, 3.8) is 0 Å². The van der Waals surface area contributed by atoms with Crippen LogP contribution in [0.25, 0.3) is 11.0 Å². The Labute approximate surface area is 142 Å². The first-order valence-electron chi connectivity index (χ1n) is 7.55. The maximum absolute atomic E-state index is 12.5. The number of aliphatic hydroxyl groups excluding tert-OH is 1. The maximum atomic E-state index is 12.5. The highest BCUT2D eigenvalue weighted by Crippen LogP contribution is 2.24. The van der Waals surface area contributed by atoms with Crippen LogP contribution in [0.2, 0.25) is 0 Å². The third-order valence-electron chi connectivity index (χ3n) is 3.88. The first-order chi connectivity index (χ1) is 12.0. The molecule has 0 saturated carbocycles. The van der Waals surface area contributed by atoms with E-state index in [1.54, 1.807) is 18.2 Å². The van der Waals surface area contributed by atoms with Crippen LogP contribution in [-0.2, 0) is 14.3 Å². The Morgan fingerprint density at radius 3 is 2.88 bits per heavy atom. The highest BCUT2D eigenvalue weighted by atomic mass is 16.5. The van der Waals surface area contributed by atoms with E-state index in [2.05, 4.69) is 5.32 Å². The number of esters is 1. The van der Waals surface area contributed by atoms with E-state index in [0.717, 1.165) is 0 Å². The smallest absolute Gasteiger partial charge is 0.337 e. The fraction of sp³-hybridized carbons (Fsp3) is 0.235. The summed E-state index contributed by atoms with van der Waals surface area (Å²) >= 11 is 0. The molecule has 1 amide bonds. The van der Waals surface area contributed by atoms with Crippen molar-refractivity contribution in [2.75, 3.05) is 32.1 Å². The number of hydrogen-bond donors (Lipinski definition) is 2. The summed E-state index contributed by atoms with van der Waals surface area (Å²) < 4.78 is 9.97. The number of nitrogens with one attached hydrogen (secondary N) is 1. The van der Waals surface area contributed by atoms with Crippen molar-refractivity contribution in [3.8, 4) is 0 Å². The molecule has 2 heterocycles. The standard InChI is InChI=1S/C17H16N2O6/c1-24-17(23)12-9-19(5-6-20)16(22)15(12)18-10-2-3-14-11(8-10)13(21)4-7-25-14/h2-4,7-8,18,20H,5-6,9H2,1H3. The Morgan fingerprint density at radius 1 is 1.36 bits per heavy atom. The number of rotatable bonds is 5. The molecule has 1 aromatic heterocycles. The van der Waals surface area contributed by atoms with Gasteiger partial charge < -0.3 is 24.5 Å². The molecule has 130 valence electrons. The lowest BCUT2D eigenvalue weighted by molar-refractivity contribution is -0.136. The number of nitrogens with zero attached hydrogens (tertiary/aromatic N) is 1. The van der Waals surface area contributed by atoms with Gasteiger partial charge in [0.15, 0.2) is 5.43 Å². The van der Waals surface area contributed by atoms with Gasteiger partial charge >= 0.3 is 5.97 Å². The Bertz CT molecular complexity index is 930. The van der Waals surface area contributed by atoms with Crippen molar-refractivity contribution in [1.82, 2.24) is 4.90 Å². The van der Waals surface area contributed by atoms with Crippen molar-refractivity contribution in [1.29, 1.82) is 0 Å². The molecule has 2 N–H and O–H groups in total. The Hall–Kier alpha value is -3.13. The average molecular weight is 344 g/mol. The SMILES string of the molecule is COC(=O)C1=C(Nc2ccc3occc(=O)c3c2)C(=O)N(CCO)C1. The molecule has 25 heavy (non-hydrogen) atoms.